The molecule has 0 radical (unpaired) electrons. The van der Waals surface area contributed by atoms with E-state index >= 15 is 0 Å². The molecule has 1 aromatic rings. The molecule has 0 heterocycles. The van der Waals surface area contributed by atoms with Gasteiger partial charge in [0.2, 0.25) is 5.91 Å². The van der Waals surface area contributed by atoms with Crippen LogP contribution in [-0.2, 0) is 16.0 Å². The van der Waals surface area contributed by atoms with Crippen LogP contribution in [0.4, 0.5) is 0 Å². The first-order chi connectivity index (χ1) is 13.0. The van der Waals surface area contributed by atoms with E-state index in [0.717, 1.165) is 31.4 Å². The summed E-state index contributed by atoms with van der Waals surface area (Å²) >= 11 is 0. The smallest absolute Gasteiger partial charge is 0.224 e. The van der Waals surface area contributed by atoms with E-state index in [1.54, 1.807) is 25.3 Å². The molecule has 2 saturated carbocycles. The largest absolute Gasteiger partial charge is 0.496 e. The quantitative estimate of drug-likeness (QED) is 0.741. The van der Waals surface area contributed by atoms with Crippen molar-refractivity contribution in [1.29, 1.82) is 0 Å². The summed E-state index contributed by atoms with van der Waals surface area (Å²) in [6.07, 6.45) is 7.34. The fourth-order valence-corrected chi connectivity index (χ4v) is 4.82. The molecule has 5 nitrogen and oxygen atoms in total. The van der Waals surface area contributed by atoms with Gasteiger partial charge in [-0.3, -0.25) is 9.59 Å². The normalized spacial score (nSPS) is 23.5. The molecule has 148 valence electrons. The predicted molar refractivity (Wildman–Crippen MR) is 104 cm³/mol. The Balaban J connectivity index is 1.69. The summed E-state index contributed by atoms with van der Waals surface area (Å²) in [5.41, 5.74) is 1.46. The van der Waals surface area contributed by atoms with Gasteiger partial charge in [0.15, 0.2) is 5.78 Å². The van der Waals surface area contributed by atoms with Gasteiger partial charge in [0.05, 0.1) is 19.6 Å². The number of ether oxygens (including phenoxy) is 2. The first-order valence-electron chi connectivity index (χ1n) is 10.1. The van der Waals surface area contributed by atoms with E-state index in [9.17, 15) is 9.59 Å². The molecule has 27 heavy (non-hydrogen) atoms. The minimum atomic E-state index is -0.0149. The molecule has 0 aliphatic heterocycles. The highest BCUT2D eigenvalue weighted by Gasteiger charge is 2.56. The van der Waals surface area contributed by atoms with Gasteiger partial charge in [-0.2, -0.15) is 0 Å². The maximum atomic E-state index is 12.8. The van der Waals surface area contributed by atoms with Gasteiger partial charge < -0.3 is 14.8 Å². The lowest BCUT2D eigenvalue weighted by atomic mass is 9.55. The summed E-state index contributed by atoms with van der Waals surface area (Å²) in [6.45, 7) is 4.29. The van der Waals surface area contributed by atoms with E-state index in [1.807, 2.05) is 6.92 Å². The van der Waals surface area contributed by atoms with Crippen LogP contribution in [0.5, 0.6) is 5.75 Å². The molecule has 1 spiro atoms. The zero-order valence-corrected chi connectivity index (χ0v) is 16.7. The molecular weight excluding hydrogens is 342 g/mol. The lowest BCUT2D eigenvalue weighted by molar-refractivity contribution is -0.156. The minimum absolute atomic E-state index is 0.0148. The summed E-state index contributed by atoms with van der Waals surface area (Å²) in [6, 6.07) is 5.44. The maximum absolute atomic E-state index is 12.8. The standard InChI is InChI=1S/C22H31NO4/c1-4-27-20-14-19(22(20)10-6-5-7-11-22)23-21(25)13-17-12-16(15(2)24)8-9-18(17)26-3/h8-9,12,19-20H,4-7,10-11,13-14H2,1-3H3,(H,23,25). The first kappa shape index (κ1) is 19.9. The zero-order chi connectivity index (χ0) is 19.4. The molecule has 2 fully saturated rings. The van der Waals surface area contributed by atoms with E-state index in [2.05, 4.69) is 5.32 Å². The van der Waals surface area contributed by atoms with E-state index in [0.29, 0.717) is 11.3 Å². The summed E-state index contributed by atoms with van der Waals surface area (Å²) in [5, 5.41) is 3.25. The van der Waals surface area contributed by atoms with Gasteiger partial charge in [-0.05, 0) is 51.3 Å². The fraction of sp³-hybridized carbons (Fsp3) is 0.636. The van der Waals surface area contributed by atoms with Gasteiger partial charge in [-0.15, -0.1) is 0 Å². The molecule has 1 aromatic carbocycles. The lowest BCUT2D eigenvalue weighted by Crippen LogP contribution is -2.65. The third-order valence-electron chi connectivity index (χ3n) is 6.31. The molecule has 2 aliphatic rings. The molecule has 1 amide bonds. The van der Waals surface area contributed by atoms with Crippen LogP contribution in [0.1, 0.15) is 68.3 Å². The average Bonchev–Trinajstić information content (AvgIpc) is 2.67. The van der Waals surface area contributed by atoms with Gasteiger partial charge in [-0.25, -0.2) is 0 Å². The van der Waals surface area contributed by atoms with E-state index < -0.39 is 0 Å². The average molecular weight is 373 g/mol. The molecule has 0 aromatic heterocycles. The molecule has 0 bridgehead atoms. The van der Waals surface area contributed by atoms with Gasteiger partial charge >= 0.3 is 0 Å². The Morgan fingerprint density at radius 2 is 1.96 bits per heavy atom. The molecule has 2 atom stereocenters. The van der Waals surface area contributed by atoms with Crippen LogP contribution in [0.15, 0.2) is 18.2 Å². The van der Waals surface area contributed by atoms with E-state index in [-0.39, 0.29) is 35.7 Å². The van der Waals surface area contributed by atoms with Crippen molar-refractivity contribution in [2.45, 2.75) is 70.9 Å². The molecular formula is C22H31NO4. The van der Waals surface area contributed by atoms with Crippen molar-refractivity contribution >= 4 is 11.7 Å². The maximum Gasteiger partial charge on any atom is 0.224 e. The number of carbonyl (C=O) groups is 2. The number of methoxy groups -OCH3 is 1. The molecule has 3 rings (SSSR count). The van der Waals surface area contributed by atoms with Crippen molar-refractivity contribution in [3.05, 3.63) is 29.3 Å². The predicted octanol–water partition coefficient (Wildman–Crippen LogP) is 3.68. The van der Waals surface area contributed by atoms with E-state index in [4.69, 9.17) is 9.47 Å². The van der Waals surface area contributed by atoms with Crippen molar-refractivity contribution in [2.75, 3.05) is 13.7 Å². The Hall–Kier alpha value is -1.88. The Kier molecular flexibility index (Phi) is 6.20. The number of Topliss-reactive ketones (excluding diaryl/α,β-unsaturated/α-hetero) is 1. The van der Waals surface area contributed by atoms with Crippen molar-refractivity contribution < 1.29 is 19.1 Å². The zero-order valence-electron chi connectivity index (χ0n) is 16.7. The van der Waals surface area contributed by atoms with Crippen molar-refractivity contribution in [3.63, 3.8) is 0 Å². The Labute approximate surface area is 161 Å². The molecule has 2 aliphatic carbocycles. The summed E-state index contributed by atoms with van der Waals surface area (Å²) in [5.74, 6) is 0.612. The van der Waals surface area contributed by atoms with Crippen LogP contribution in [-0.4, -0.2) is 37.6 Å². The highest BCUT2D eigenvalue weighted by molar-refractivity contribution is 5.94. The summed E-state index contributed by atoms with van der Waals surface area (Å²) in [7, 11) is 1.58. The van der Waals surface area contributed by atoms with Crippen LogP contribution in [0.3, 0.4) is 0 Å². The van der Waals surface area contributed by atoms with Crippen molar-refractivity contribution in [1.82, 2.24) is 5.32 Å². The Bertz CT molecular complexity index is 694. The summed E-state index contributed by atoms with van der Waals surface area (Å²) in [4.78, 5) is 24.4. The topological polar surface area (TPSA) is 64.6 Å². The minimum Gasteiger partial charge on any atom is -0.496 e. The third kappa shape index (κ3) is 4.03. The molecule has 0 saturated heterocycles. The third-order valence-corrected chi connectivity index (χ3v) is 6.31. The van der Waals surface area contributed by atoms with E-state index in [1.165, 1.54) is 26.2 Å². The van der Waals surface area contributed by atoms with Gasteiger partial charge in [0, 0.05) is 29.2 Å². The molecule has 2 unspecified atom stereocenters. The van der Waals surface area contributed by atoms with Crippen LogP contribution in [0.2, 0.25) is 0 Å². The second kappa shape index (κ2) is 8.42. The van der Waals surface area contributed by atoms with Crippen molar-refractivity contribution in [3.8, 4) is 5.75 Å². The lowest BCUT2D eigenvalue weighted by Gasteiger charge is -2.57. The van der Waals surface area contributed by atoms with Gasteiger partial charge in [0.25, 0.3) is 0 Å². The van der Waals surface area contributed by atoms with Crippen LogP contribution < -0.4 is 10.1 Å². The fourth-order valence-electron chi connectivity index (χ4n) is 4.82. The Morgan fingerprint density at radius 1 is 1.22 bits per heavy atom. The number of hydrogen-bond acceptors (Lipinski definition) is 4. The van der Waals surface area contributed by atoms with Crippen molar-refractivity contribution in [2.24, 2.45) is 5.41 Å². The second-order valence-corrected chi connectivity index (χ2v) is 7.85. The van der Waals surface area contributed by atoms with Crippen LogP contribution in [0, 0.1) is 5.41 Å². The number of carbonyl (C=O) groups excluding carboxylic acids is 2. The number of hydrogen-bond donors (Lipinski definition) is 1. The number of rotatable bonds is 7. The number of benzene rings is 1. The number of ketones is 1. The monoisotopic (exact) mass is 373 g/mol. The van der Waals surface area contributed by atoms with Crippen LogP contribution >= 0.6 is 0 Å². The van der Waals surface area contributed by atoms with Crippen LogP contribution in [0.25, 0.3) is 0 Å². The highest BCUT2D eigenvalue weighted by Crippen LogP contribution is 2.53. The number of nitrogens with one attached hydrogen (secondary N) is 1. The SMILES string of the molecule is CCOC1CC(NC(=O)Cc2cc(C(C)=O)ccc2OC)C12CCCCC2. The highest BCUT2D eigenvalue weighted by atomic mass is 16.5. The second-order valence-electron chi connectivity index (χ2n) is 7.85. The summed E-state index contributed by atoms with van der Waals surface area (Å²) < 4.78 is 11.3. The number of amides is 1. The first-order valence-corrected chi connectivity index (χ1v) is 10.1. The Morgan fingerprint density at radius 3 is 2.59 bits per heavy atom. The van der Waals surface area contributed by atoms with Gasteiger partial charge in [0.1, 0.15) is 5.75 Å². The molecule has 5 heteroatoms. The van der Waals surface area contributed by atoms with Gasteiger partial charge in [-0.1, -0.05) is 19.3 Å². The molecule has 1 N–H and O–H groups in total.